The zero-order valence-electron chi connectivity index (χ0n) is 24.6. The SMILES string of the molecule is Cc1ccnn1CC1(c2cccc(N3Cc4c(cc(CN5CCN(C)C[C@@H]5C(C)C)cc4C(F)(F)F)C3=O)c2)COC1. The topological polar surface area (TPSA) is 53.8 Å². The number of halogens is 3. The fourth-order valence-corrected chi connectivity index (χ4v) is 6.63. The number of aromatic nitrogens is 2. The first kappa shape index (κ1) is 28.9. The van der Waals surface area contributed by atoms with Gasteiger partial charge in [0.25, 0.3) is 5.91 Å². The second-order valence-electron chi connectivity index (χ2n) is 12.6. The summed E-state index contributed by atoms with van der Waals surface area (Å²) in [5.74, 6) is -0.0367. The molecule has 2 saturated heterocycles. The Morgan fingerprint density at radius 3 is 2.55 bits per heavy atom. The monoisotopic (exact) mass is 581 g/mol. The van der Waals surface area contributed by atoms with Crippen molar-refractivity contribution in [2.45, 2.75) is 58.0 Å². The van der Waals surface area contributed by atoms with Crippen LogP contribution in [0.1, 0.15) is 52.2 Å². The smallest absolute Gasteiger partial charge is 0.379 e. The molecule has 3 aromatic rings. The highest BCUT2D eigenvalue weighted by Gasteiger charge is 2.43. The van der Waals surface area contributed by atoms with Crippen molar-refractivity contribution in [2.75, 3.05) is 44.8 Å². The van der Waals surface area contributed by atoms with Gasteiger partial charge in [0.05, 0.1) is 37.3 Å². The number of carbonyl (C=O) groups is 1. The number of piperazine rings is 1. The third-order valence-corrected chi connectivity index (χ3v) is 9.21. The average molecular weight is 582 g/mol. The predicted octanol–water partition coefficient (Wildman–Crippen LogP) is 5.11. The van der Waals surface area contributed by atoms with Crippen molar-refractivity contribution in [3.8, 4) is 0 Å². The second-order valence-corrected chi connectivity index (χ2v) is 12.6. The normalized spacial score (nSPS) is 21.2. The van der Waals surface area contributed by atoms with Gasteiger partial charge in [-0.1, -0.05) is 26.0 Å². The number of fused-ring (bicyclic) bond motifs is 1. The Hall–Kier alpha value is -3.21. The summed E-state index contributed by atoms with van der Waals surface area (Å²) in [5, 5.41) is 4.43. The quantitative estimate of drug-likeness (QED) is 0.388. The minimum absolute atomic E-state index is 0.0503. The Bertz CT molecular complexity index is 1480. The van der Waals surface area contributed by atoms with E-state index in [0.29, 0.717) is 43.5 Å². The van der Waals surface area contributed by atoms with Gasteiger partial charge in [0, 0.05) is 55.4 Å². The molecule has 0 aliphatic carbocycles. The highest BCUT2D eigenvalue weighted by Crippen LogP contribution is 2.41. The van der Waals surface area contributed by atoms with E-state index in [1.54, 1.807) is 18.3 Å². The second kappa shape index (κ2) is 10.8. The molecule has 0 saturated carbocycles. The van der Waals surface area contributed by atoms with Crippen LogP contribution >= 0.6 is 0 Å². The number of alkyl halides is 3. The summed E-state index contributed by atoms with van der Waals surface area (Å²) in [6.07, 6.45) is -2.80. The van der Waals surface area contributed by atoms with Gasteiger partial charge in [-0.2, -0.15) is 18.3 Å². The van der Waals surface area contributed by atoms with Crippen molar-refractivity contribution in [1.29, 1.82) is 0 Å². The minimum Gasteiger partial charge on any atom is -0.379 e. The fraction of sp³-hybridized carbons (Fsp3) is 0.500. The Kier molecular flexibility index (Phi) is 7.43. The molecule has 0 radical (unpaired) electrons. The number of amides is 1. The molecule has 7 nitrogen and oxygen atoms in total. The molecule has 0 unspecified atom stereocenters. The third kappa shape index (κ3) is 5.24. The number of ether oxygens (including phenoxy) is 1. The maximum Gasteiger partial charge on any atom is 0.416 e. The largest absolute Gasteiger partial charge is 0.416 e. The van der Waals surface area contributed by atoms with Gasteiger partial charge in [0.2, 0.25) is 0 Å². The summed E-state index contributed by atoms with van der Waals surface area (Å²) < 4.78 is 50.8. The summed E-state index contributed by atoms with van der Waals surface area (Å²) in [5.41, 5.74) is 2.30. The standard InChI is InChI=1S/C32H38F3N5O2/c1-21(2)29-17-37(4)10-11-38(29)15-23-12-26-27(28(13-23)32(33,34)35)16-39(30(26)41)25-7-5-6-24(14-25)31(19-42-20-31)18-40-22(3)8-9-36-40/h5-9,12-14,21,29H,10-11,15-20H2,1-4H3/t29-/m1/s1. The highest BCUT2D eigenvalue weighted by atomic mass is 19.4. The van der Waals surface area contributed by atoms with E-state index < -0.39 is 17.6 Å². The fourth-order valence-electron chi connectivity index (χ4n) is 6.63. The molecule has 2 fully saturated rings. The van der Waals surface area contributed by atoms with Gasteiger partial charge < -0.3 is 14.5 Å². The molecule has 6 rings (SSSR count). The summed E-state index contributed by atoms with van der Waals surface area (Å²) in [4.78, 5) is 19.8. The lowest BCUT2D eigenvalue weighted by atomic mass is 9.78. The number of anilines is 1. The molecule has 42 heavy (non-hydrogen) atoms. The molecular weight excluding hydrogens is 543 g/mol. The van der Waals surface area contributed by atoms with Crippen LogP contribution in [0.15, 0.2) is 48.7 Å². The van der Waals surface area contributed by atoms with Crippen LogP contribution in [-0.4, -0.2) is 71.4 Å². The van der Waals surface area contributed by atoms with E-state index in [4.69, 9.17) is 4.74 Å². The number of nitrogens with zero attached hydrogens (tertiary/aromatic N) is 5. The number of hydrogen-bond acceptors (Lipinski definition) is 5. The minimum atomic E-state index is -4.56. The van der Waals surface area contributed by atoms with Crippen LogP contribution in [-0.2, 0) is 36.0 Å². The van der Waals surface area contributed by atoms with E-state index >= 15 is 0 Å². The summed E-state index contributed by atoms with van der Waals surface area (Å²) in [6, 6.07) is 12.7. The van der Waals surface area contributed by atoms with Crippen LogP contribution in [0.25, 0.3) is 0 Å². The maximum atomic E-state index is 14.4. The summed E-state index contributed by atoms with van der Waals surface area (Å²) >= 11 is 0. The van der Waals surface area contributed by atoms with Gasteiger partial charge in [-0.05, 0) is 66.9 Å². The van der Waals surface area contributed by atoms with Crippen molar-refractivity contribution in [3.05, 3.63) is 82.2 Å². The van der Waals surface area contributed by atoms with E-state index in [1.807, 2.05) is 35.9 Å². The van der Waals surface area contributed by atoms with Gasteiger partial charge in [0.15, 0.2) is 0 Å². The predicted molar refractivity (Wildman–Crippen MR) is 154 cm³/mol. The van der Waals surface area contributed by atoms with Crippen LogP contribution in [0.5, 0.6) is 0 Å². The Morgan fingerprint density at radius 1 is 1.12 bits per heavy atom. The Labute approximate surface area is 244 Å². The number of rotatable bonds is 7. The average Bonchev–Trinajstić information content (AvgIpc) is 3.48. The van der Waals surface area contributed by atoms with Crippen molar-refractivity contribution < 1.29 is 22.7 Å². The van der Waals surface area contributed by atoms with Crippen molar-refractivity contribution >= 4 is 11.6 Å². The van der Waals surface area contributed by atoms with Crippen LogP contribution in [0.4, 0.5) is 18.9 Å². The highest BCUT2D eigenvalue weighted by molar-refractivity contribution is 6.10. The molecule has 224 valence electrons. The third-order valence-electron chi connectivity index (χ3n) is 9.21. The molecule has 0 spiro atoms. The lowest BCUT2D eigenvalue weighted by Crippen LogP contribution is -2.53. The van der Waals surface area contributed by atoms with Crippen LogP contribution in [0.2, 0.25) is 0 Å². The molecule has 0 N–H and O–H groups in total. The van der Waals surface area contributed by atoms with Crippen molar-refractivity contribution in [1.82, 2.24) is 19.6 Å². The molecule has 0 bridgehead atoms. The van der Waals surface area contributed by atoms with E-state index in [9.17, 15) is 18.0 Å². The molecule has 3 aliphatic heterocycles. The lowest BCUT2D eigenvalue weighted by molar-refractivity contribution is -0.138. The van der Waals surface area contributed by atoms with Gasteiger partial charge in [0.1, 0.15) is 0 Å². The van der Waals surface area contributed by atoms with Gasteiger partial charge in [-0.3, -0.25) is 14.4 Å². The zero-order valence-corrected chi connectivity index (χ0v) is 24.6. The van der Waals surface area contributed by atoms with Gasteiger partial charge >= 0.3 is 6.18 Å². The van der Waals surface area contributed by atoms with E-state index in [1.165, 1.54) is 11.0 Å². The molecular formula is C32H38F3N5O2. The van der Waals surface area contributed by atoms with Crippen LogP contribution in [0.3, 0.4) is 0 Å². The maximum absolute atomic E-state index is 14.4. The number of carbonyl (C=O) groups excluding carboxylic acids is 1. The zero-order chi connectivity index (χ0) is 29.8. The molecule has 2 aromatic carbocycles. The molecule has 1 atom stereocenters. The summed E-state index contributed by atoms with van der Waals surface area (Å²) in [6.45, 7) is 10.7. The summed E-state index contributed by atoms with van der Waals surface area (Å²) in [7, 11) is 2.07. The van der Waals surface area contributed by atoms with Crippen LogP contribution < -0.4 is 4.90 Å². The Balaban J connectivity index is 1.31. The van der Waals surface area contributed by atoms with Crippen molar-refractivity contribution in [2.24, 2.45) is 5.92 Å². The van der Waals surface area contributed by atoms with Gasteiger partial charge in [-0.15, -0.1) is 0 Å². The van der Waals surface area contributed by atoms with Crippen LogP contribution in [0, 0.1) is 12.8 Å². The first-order chi connectivity index (χ1) is 19.9. The number of benzene rings is 2. The molecule has 1 aromatic heterocycles. The Morgan fingerprint density at radius 2 is 1.90 bits per heavy atom. The number of likely N-dealkylation sites (N-methyl/N-ethyl adjacent to an activating group) is 1. The lowest BCUT2D eigenvalue weighted by Gasteiger charge is -2.42. The molecule has 1 amide bonds. The molecule has 3 aliphatic rings. The van der Waals surface area contributed by atoms with Crippen molar-refractivity contribution in [3.63, 3.8) is 0 Å². The van der Waals surface area contributed by atoms with E-state index in [2.05, 4.69) is 35.8 Å². The molecule has 10 heteroatoms. The first-order valence-corrected chi connectivity index (χ1v) is 14.6. The number of aryl methyl sites for hydroxylation is 1. The molecule has 4 heterocycles. The first-order valence-electron chi connectivity index (χ1n) is 14.6. The van der Waals surface area contributed by atoms with E-state index in [0.717, 1.165) is 30.9 Å². The van der Waals surface area contributed by atoms with E-state index in [-0.39, 0.29) is 29.1 Å². The number of hydrogen-bond donors (Lipinski definition) is 0. The van der Waals surface area contributed by atoms with Gasteiger partial charge in [-0.25, -0.2) is 0 Å².